The molecule has 2 aromatic rings. The van der Waals surface area contributed by atoms with E-state index in [0.717, 1.165) is 40.8 Å². The fourth-order valence-electron chi connectivity index (χ4n) is 1.61. The van der Waals surface area contributed by atoms with E-state index in [1.807, 2.05) is 12.1 Å². The number of halogens is 1. The van der Waals surface area contributed by atoms with Crippen molar-refractivity contribution in [2.24, 2.45) is 0 Å². The van der Waals surface area contributed by atoms with Crippen LogP contribution in [-0.2, 0) is 0 Å². The van der Waals surface area contributed by atoms with Crippen molar-refractivity contribution in [2.75, 3.05) is 25.0 Å². The van der Waals surface area contributed by atoms with Gasteiger partial charge in [0.25, 0.3) is 0 Å². The highest BCUT2D eigenvalue weighted by atomic mass is 79.9. The van der Waals surface area contributed by atoms with Crippen LogP contribution in [0.25, 0.3) is 11.0 Å². The maximum atomic E-state index is 4.39. The molecule has 90 valence electrons. The van der Waals surface area contributed by atoms with Crippen molar-refractivity contribution >= 4 is 32.7 Å². The summed E-state index contributed by atoms with van der Waals surface area (Å²) in [7, 11) is 0. The van der Waals surface area contributed by atoms with Crippen LogP contribution in [0, 0.1) is 0 Å². The average molecular weight is 295 g/mol. The Morgan fingerprint density at radius 1 is 1.29 bits per heavy atom. The molecule has 0 radical (unpaired) electrons. The monoisotopic (exact) mass is 294 g/mol. The molecule has 0 bridgehead atoms. The Bertz CT molecular complexity index is 501. The Labute approximate surface area is 109 Å². The number of fused-ring (bicyclic) bond motifs is 1. The minimum Gasteiger partial charge on any atom is -0.382 e. The summed E-state index contributed by atoms with van der Waals surface area (Å²) in [4.78, 5) is 8.69. The van der Waals surface area contributed by atoms with Gasteiger partial charge in [-0.15, -0.1) is 0 Å². The lowest BCUT2D eigenvalue weighted by molar-refractivity contribution is 0.739. The van der Waals surface area contributed by atoms with E-state index < -0.39 is 0 Å². The molecule has 0 aromatic carbocycles. The van der Waals surface area contributed by atoms with Crippen LogP contribution in [0.1, 0.15) is 6.92 Å². The third kappa shape index (κ3) is 3.14. The summed E-state index contributed by atoms with van der Waals surface area (Å²) in [5.41, 5.74) is 2.83. The van der Waals surface area contributed by atoms with Crippen LogP contribution in [-0.4, -0.2) is 29.6 Å². The lowest BCUT2D eigenvalue weighted by Crippen LogP contribution is -2.21. The lowest BCUT2D eigenvalue weighted by atomic mass is 10.3. The SMILES string of the molecule is CCNCCNc1ccnc2cc(Br)cnc12. The van der Waals surface area contributed by atoms with Gasteiger partial charge in [0.05, 0.1) is 11.2 Å². The molecule has 0 spiro atoms. The topological polar surface area (TPSA) is 49.8 Å². The van der Waals surface area contributed by atoms with E-state index in [0.29, 0.717) is 0 Å². The Kier molecular flexibility index (Phi) is 4.28. The van der Waals surface area contributed by atoms with Crippen LogP contribution in [0.15, 0.2) is 29.0 Å². The highest BCUT2D eigenvalue weighted by Gasteiger charge is 2.02. The molecule has 2 heterocycles. The third-order valence-electron chi connectivity index (χ3n) is 2.41. The number of rotatable bonds is 5. The van der Waals surface area contributed by atoms with Crippen LogP contribution >= 0.6 is 15.9 Å². The first kappa shape index (κ1) is 12.3. The van der Waals surface area contributed by atoms with Crippen LogP contribution < -0.4 is 10.6 Å². The van der Waals surface area contributed by atoms with E-state index in [1.54, 1.807) is 12.4 Å². The number of hydrogen-bond acceptors (Lipinski definition) is 4. The fourth-order valence-corrected chi connectivity index (χ4v) is 1.93. The molecule has 5 heteroatoms. The van der Waals surface area contributed by atoms with Gasteiger partial charge in [0, 0.05) is 30.0 Å². The molecule has 0 fully saturated rings. The minimum absolute atomic E-state index is 0.880. The maximum absolute atomic E-state index is 4.39. The van der Waals surface area contributed by atoms with E-state index in [2.05, 4.69) is 43.5 Å². The molecule has 0 aliphatic carbocycles. The molecule has 0 saturated heterocycles. The largest absolute Gasteiger partial charge is 0.382 e. The van der Waals surface area contributed by atoms with Gasteiger partial charge in [-0.2, -0.15) is 0 Å². The van der Waals surface area contributed by atoms with Crippen molar-refractivity contribution in [1.82, 2.24) is 15.3 Å². The fraction of sp³-hybridized carbons (Fsp3) is 0.333. The zero-order valence-corrected chi connectivity index (χ0v) is 11.3. The average Bonchev–Trinajstić information content (AvgIpc) is 2.34. The second-order valence-corrected chi connectivity index (χ2v) is 4.58. The summed E-state index contributed by atoms with van der Waals surface area (Å²) >= 11 is 3.40. The van der Waals surface area contributed by atoms with E-state index in [4.69, 9.17) is 0 Å². The van der Waals surface area contributed by atoms with Gasteiger partial charge in [0.2, 0.25) is 0 Å². The minimum atomic E-state index is 0.880. The summed E-state index contributed by atoms with van der Waals surface area (Å²) in [6.07, 6.45) is 3.59. The summed E-state index contributed by atoms with van der Waals surface area (Å²) in [5, 5.41) is 6.63. The lowest BCUT2D eigenvalue weighted by Gasteiger charge is -2.08. The zero-order valence-electron chi connectivity index (χ0n) is 9.70. The molecular weight excluding hydrogens is 280 g/mol. The Balaban J connectivity index is 2.16. The summed E-state index contributed by atoms with van der Waals surface area (Å²) < 4.78 is 0.947. The number of likely N-dealkylation sites (N-methyl/N-ethyl adjacent to an activating group) is 1. The summed E-state index contributed by atoms with van der Waals surface area (Å²) in [6, 6.07) is 3.92. The number of nitrogens with zero attached hydrogens (tertiary/aromatic N) is 2. The number of anilines is 1. The normalized spacial score (nSPS) is 10.7. The van der Waals surface area contributed by atoms with Crippen LogP contribution in [0.3, 0.4) is 0 Å². The Hall–Kier alpha value is -1.20. The van der Waals surface area contributed by atoms with E-state index in [9.17, 15) is 0 Å². The molecular formula is C12H15BrN4. The Morgan fingerprint density at radius 2 is 2.18 bits per heavy atom. The predicted octanol–water partition coefficient (Wildman–Crippen LogP) is 2.41. The van der Waals surface area contributed by atoms with Crippen LogP contribution in [0.4, 0.5) is 5.69 Å². The molecule has 0 amide bonds. The standard InChI is InChI=1S/C12H15BrN4/c1-2-14-5-6-16-10-3-4-15-11-7-9(13)8-17-12(10)11/h3-4,7-8,14H,2,5-6H2,1H3,(H,15,16). The summed E-state index contributed by atoms with van der Waals surface area (Å²) in [6.45, 7) is 4.91. The van der Waals surface area contributed by atoms with Crippen LogP contribution in [0.5, 0.6) is 0 Å². The van der Waals surface area contributed by atoms with Gasteiger partial charge in [-0.1, -0.05) is 6.92 Å². The molecule has 2 N–H and O–H groups in total. The molecule has 0 aliphatic rings. The molecule has 17 heavy (non-hydrogen) atoms. The molecule has 0 unspecified atom stereocenters. The smallest absolute Gasteiger partial charge is 0.112 e. The Morgan fingerprint density at radius 3 is 3.00 bits per heavy atom. The van der Waals surface area contributed by atoms with E-state index >= 15 is 0 Å². The highest BCUT2D eigenvalue weighted by molar-refractivity contribution is 9.10. The number of hydrogen-bond donors (Lipinski definition) is 2. The number of aromatic nitrogens is 2. The molecule has 0 atom stereocenters. The number of nitrogens with one attached hydrogen (secondary N) is 2. The van der Waals surface area contributed by atoms with Crippen LogP contribution in [0.2, 0.25) is 0 Å². The first-order chi connectivity index (χ1) is 8.31. The number of pyridine rings is 2. The molecule has 2 aromatic heterocycles. The second-order valence-electron chi connectivity index (χ2n) is 3.66. The van der Waals surface area contributed by atoms with Crippen molar-refractivity contribution in [3.63, 3.8) is 0 Å². The zero-order chi connectivity index (χ0) is 12.1. The van der Waals surface area contributed by atoms with E-state index in [1.165, 1.54) is 0 Å². The van der Waals surface area contributed by atoms with Crippen molar-refractivity contribution < 1.29 is 0 Å². The molecule has 0 aliphatic heterocycles. The van der Waals surface area contributed by atoms with E-state index in [-0.39, 0.29) is 0 Å². The first-order valence-corrected chi connectivity index (χ1v) is 6.45. The quantitative estimate of drug-likeness (QED) is 0.832. The summed E-state index contributed by atoms with van der Waals surface area (Å²) in [5.74, 6) is 0. The van der Waals surface area contributed by atoms with Gasteiger partial charge < -0.3 is 10.6 Å². The van der Waals surface area contributed by atoms with Crippen molar-refractivity contribution in [3.8, 4) is 0 Å². The van der Waals surface area contributed by atoms with Crippen molar-refractivity contribution in [1.29, 1.82) is 0 Å². The van der Waals surface area contributed by atoms with Crippen molar-refractivity contribution in [2.45, 2.75) is 6.92 Å². The molecule has 0 saturated carbocycles. The highest BCUT2D eigenvalue weighted by Crippen LogP contribution is 2.21. The second kappa shape index (κ2) is 5.93. The van der Waals surface area contributed by atoms with Crippen molar-refractivity contribution in [3.05, 3.63) is 29.0 Å². The van der Waals surface area contributed by atoms with Gasteiger partial charge in [-0.25, -0.2) is 0 Å². The van der Waals surface area contributed by atoms with Gasteiger partial charge >= 0.3 is 0 Å². The molecule has 4 nitrogen and oxygen atoms in total. The molecule has 2 rings (SSSR count). The predicted molar refractivity (Wildman–Crippen MR) is 74.3 cm³/mol. The van der Waals surface area contributed by atoms with Gasteiger partial charge in [0.1, 0.15) is 5.52 Å². The third-order valence-corrected chi connectivity index (χ3v) is 2.85. The van der Waals surface area contributed by atoms with Gasteiger partial charge in [-0.3, -0.25) is 9.97 Å². The van der Waals surface area contributed by atoms with Gasteiger partial charge in [0.15, 0.2) is 0 Å². The van der Waals surface area contributed by atoms with Gasteiger partial charge in [-0.05, 0) is 34.6 Å². The first-order valence-electron chi connectivity index (χ1n) is 5.66. The maximum Gasteiger partial charge on any atom is 0.112 e.